The molecule has 154 valence electrons. The molecule has 0 fully saturated rings. The summed E-state index contributed by atoms with van der Waals surface area (Å²) in [6.07, 6.45) is 0. The van der Waals surface area contributed by atoms with Crippen LogP contribution in [0, 0.1) is 13.8 Å². The van der Waals surface area contributed by atoms with Crippen molar-refractivity contribution >= 4 is 29.1 Å². The molecular weight excluding hydrogens is 400 g/mol. The molecule has 0 atom stereocenters. The van der Waals surface area contributed by atoms with Gasteiger partial charge in [-0.25, -0.2) is 0 Å². The molecule has 3 aromatic carbocycles. The molecule has 0 saturated carbocycles. The van der Waals surface area contributed by atoms with Crippen molar-refractivity contribution in [1.29, 1.82) is 0 Å². The lowest BCUT2D eigenvalue weighted by Crippen LogP contribution is -2.33. The summed E-state index contributed by atoms with van der Waals surface area (Å²) in [6.45, 7) is 3.93. The van der Waals surface area contributed by atoms with E-state index in [-0.39, 0.29) is 25.0 Å². The van der Waals surface area contributed by atoms with Crippen LogP contribution in [0.5, 0.6) is 5.75 Å². The molecular formula is C24H23ClN2O3. The average Bonchev–Trinajstić information content (AvgIpc) is 2.74. The minimum Gasteiger partial charge on any atom is -0.488 e. The van der Waals surface area contributed by atoms with Crippen molar-refractivity contribution in [3.63, 3.8) is 0 Å². The second-order valence-corrected chi connectivity index (χ2v) is 7.28. The lowest BCUT2D eigenvalue weighted by atomic mass is 10.1. The Morgan fingerprint density at radius 3 is 2.30 bits per heavy atom. The SMILES string of the molecule is Cc1cccc(C)c1NC(=O)CNC(=O)c1ccccc1OCc1ccccc1Cl. The van der Waals surface area contributed by atoms with E-state index in [2.05, 4.69) is 10.6 Å². The normalized spacial score (nSPS) is 10.4. The summed E-state index contributed by atoms with van der Waals surface area (Å²) >= 11 is 6.16. The Labute approximate surface area is 181 Å². The number of anilines is 1. The third-order valence-corrected chi connectivity index (χ3v) is 5.00. The van der Waals surface area contributed by atoms with Gasteiger partial charge in [-0.15, -0.1) is 0 Å². The quantitative estimate of drug-likeness (QED) is 0.568. The number of nitrogens with one attached hydrogen (secondary N) is 2. The van der Waals surface area contributed by atoms with Crippen LogP contribution in [0.4, 0.5) is 5.69 Å². The Balaban J connectivity index is 1.62. The summed E-state index contributed by atoms with van der Waals surface area (Å²) in [5, 5.41) is 6.10. The summed E-state index contributed by atoms with van der Waals surface area (Å²) in [7, 11) is 0. The van der Waals surface area contributed by atoms with Crippen molar-refractivity contribution < 1.29 is 14.3 Å². The molecule has 0 spiro atoms. The maximum Gasteiger partial charge on any atom is 0.255 e. The predicted octanol–water partition coefficient (Wildman–Crippen LogP) is 4.90. The second kappa shape index (κ2) is 9.94. The molecule has 0 heterocycles. The van der Waals surface area contributed by atoms with Gasteiger partial charge in [0.05, 0.1) is 12.1 Å². The highest BCUT2D eigenvalue weighted by Gasteiger charge is 2.14. The Morgan fingerprint density at radius 1 is 0.900 bits per heavy atom. The summed E-state index contributed by atoms with van der Waals surface area (Å²) in [5.74, 6) is -0.262. The van der Waals surface area contributed by atoms with Crippen molar-refractivity contribution in [2.24, 2.45) is 0 Å². The van der Waals surface area contributed by atoms with Gasteiger partial charge in [-0.1, -0.05) is 60.1 Å². The van der Waals surface area contributed by atoms with Crippen LogP contribution in [-0.4, -0.2) is 18.4 Å². The average molecular weight is 423 g/mol. The van der Waals surface area contributed by atoms with Crippen LogP contribution in [0.25, 0.3) is 0 Å². The zero-order chi connectivity index (χ0) is 21.5. The Bertz CT molecular complexity index is 1050. The summed E-state index contributed by atoms with van der Waals surface area (Å²) < 4.78 is 5.81. The second-order valence-electron chi connectivity index (χ2n) is 6.87. The number of carbonyl (C=O) groups excluding carboxylic acids is 2. The van der Waals surface area contributed by atoms with Crippen LogP contribution in [0.1, 0.15) is 27.0 Å². The molecule has 0 aromatic heterocycles. The molecule has 2 amide bonds. The van der Waals surface area contributed by atoms with Gasteiger partial charge >= 0.3 is 0 Å². The highest BCUT2D eigenvalue weighted by Crippen LogP contribution is 2.22. The molecule has 0 aliphatic heterocycles. The van der Waals surface area contributed by atoms with E-state index in [0.29, 0.717) is 16.3 Å². The van der Waals surface area contributed by atoms with Crippen molar-refractivity contribution in [2.45, 2.75) is 20.5 Å². The summed E-state index contributed by atoms with van der Waals surface area (Å²) in [6, 6.07) is 20.0. The standard InChI is InChI=1S/C24H23ClN2O3/c1-16-8-7-9-17(2)23(16)27-22(28)14-26-24(29)19-11-4-6-13-21(19)30-15-18-10-3-5-12-20(18)25/h3-13H,14-15H2,1-2H3,(H,26,29)(H,27,28). The van der Waals surface area contributed by atoms with Crippen LogP contribution >= 0.6 is 11.6 Å². The molecule has 0 aliphatic rings. The first-order chi connectivity index (χ1) is 14.5. The lowest BCUT2D eigenvalue weighted by molar-refractivity contribution is -0.115. The van der Waals surface area contributed by atoms with Crippen molar-refractivity contribution in [3.05, 3.63) is 94.0 Å². The minimum atomic E-state index is -0.388. The third-order valence-electron chi connectivity index (χ3n) is 4.63. The molecule has 0 saturated heterocycles. The van der Waals surface area contributed by atoms with Gasteiger partial charge < -0.3 is 15.4 Å². The summed E-state index contributed by atoms with van der Waals surface area (Å²) in [5.41, 5.74) is 3.87. The number of carbonyl (C=O) groups is 2. The van der Waals surface area contributed by atoms with Gasteiger partial charge in [0.15, 0.2) is 0 Å². The first-order valence-electron chi connectivity index (χ1n) is 9.55. The maximum absolute atomic E-state index is 12.6. The van der Waals surface area contributed by atoms with E-state index in [9.17, 15) is 9.59 Å². The van der Waals surface area contributed by atoms with E-state index >= 15 is 0 Å². The van der Waals surface area contributed by atoms with Gasteiger partial charge in [0.1, 0.15) is 12.4 Å². The van der Waals surface area contributed by atoms with E-state index < -0.39 is 0 Å². The predicted molar refractivity (Wildman–Crippen MR) is 119 cm³/mol. The van der Waals surface area contributed by atoms with E-state index in [0.717, 1.165) is 22.4 Å². The molecule has 6 heteroatoms. The maximum atomic E-state index is 12.6. The molecule has 3 rings (SSSR count). The lowest BCUT2D eigenvalue weighted by Gasteiger charge is -2.14. The van der Waals surface area contributed by atoms with E-state index in [4.69, 9.17) is 16.3 Å². The molecule has 0 unspecified atom stereocenters. The van der Waals surface area contributed by atoms with Crippen LogP contribution in [0.2, 0.25) is 5.02 Å². The molecule has 3 aromatic rings. The monoisotopic (exact) mass is 422 g/mol. The summed E-state index contributed by atoms with van der Waals surface area (Å²) in [4.78, 5) is 25.0. The third kappa shape index (κ3) is 5.39. The number of ether oxygens (including phenoxy) is 1. The number of hydrogen-bond donors (Lipinski definition) is 2. The zero-order valence-electron chi connectivity index (χ0n) is 16.9. The number of aryl methyl sites for hydroxylation is 2. The fraction of sp³-hybridized carbons (Fsp3) is 0.167. The number of halogens is 1. The number of hydrogen-bond acceptors (Lipinski definition) is 3. The topological polar surface area (TPSA) is 67.4 Å². The molecule has 0 aliphatic carbocycles. The van der Waals surface area contributed by atoms with E-state index in [1.165, 1.54) is 0 Å². The van der Waals surface area contributed by atoms with Crippen molar-refractivity contribution in [3.8, 4) is 5.75 Å². The van der Waals surface area contributed by atoms with Crippen molar-refractivity contribution in [1.82, 2.24) is 5.32 Å². The first kappa shape index (κ1) is 21.4. The largest absolute Gasteiger partial charge is 0.488 e. The van der Waals surface area contributed by atoms with Gasteiger partial charge in [-0.3, -0.25) is 9.59 Å². The van der Waals surface area contributed by atoms with Gasteiger partial charge in [0.25, 0.3) is 5.91 Å². The Kier molecular flexibility index (Phi) is 7.09. The smallest absolute Gasteiger partial charge is 0.255 e. The fourth-order valence-electron chi connectivity index (χ4n) is 3.00. The van der Waals surface area contributed by atoms with Gasteiger partial charge in [0, 0.05) is 16.3 Å². The highest BCUT2D eigenvalue weighted by molar-refractivity contribution is 6.31. The minimum absolute atomic E-state index is 0.147. The van der Waals surface area contributed by atoms with Crippen LogP contribution in [0.3, 0.4) is 0 Å². The van der Waals surface area contributed by atoms with E-state index in [1.807, 2.05) is 50.2 Å². The van der Waals surface area contributed by atoms with Gasteiger partial charge in [0.2, 0.25) is 5.91 Å². The van der Waals surface area contributed by atoms with Crippen molar-refractivity contribution in [2.75, 3.05) is 11.9 Å². The number of benzene rings is 3. The van der Waals surface area contributed by atoms with Gasteiger partial charge in [-0.2, -0.15) is 0 Å². The molecule has 5 nitrogen and oxygen atoms in total. The zero-order valence-corrected chi connectivity index (χ0v) is 17.6. The Hall–Kier alpha value is -3.31. The molecule has 0 radical (unpaired) electrons. The Morgan fingerprint density at radius 2 is 1.57 bits per heavy atom. The van der Waals surface area contributed by atoms with Crippen LogP contribution in [0.15, 0.2) is 66.7 Å². The van der Waals surface area contributed by atoms with Crippen LogP contribution < -0.4 is 15.4 Å². The highest BCUT2D eigenvalue weighted by atomic mass is 35.5. The molecule has 2 N–H and O–H groups in total. The number of rotatable bonds is 7. The van der Waals surface area contributed by atoms with Crippen LogP contribution in [-0.2, 0) is 11.4 Å². The molecule has 0 bridgehead atoms. The van der Waals surface area contributed by atoms with E-state index in [1.54, 1.807) is 30.3 Å². The van der Waals surface area contributed by atoms with Gasteiger partial charge in [-0.05, 0) is 43.2 Å². The molecule has 30 heavy (non-hydrogen) atoms. The fourth-order valence-corrected chi connectivity index (χ4v) is 3.19. The number of para-hydroxylation sites is 2. The first-order valence-corrected chi connectivity index (χ1v) is 9.93. The number of amides is 2.